The average molecular weight is 487 g/mol. The molecule has 2 N–H and O–H groups in total. The Morgan fingerprint density at radius 2 is 1.53 bits per heavy atom. The molecule has 5 nitrogen and oxygen atoms in total. The van der Waals surface area contributed by atoms with Gasteiger partial charge in [0, 0.05) is 12.0 Å². The molecular weight excluding hydrogens is 452 g/mol. The number of allylic oxidation sites excluding steroid dienone is 1. The summed E-state index contributed by atoms with van der Waals surface area (Å²) in [6, 6.07) is 23.3. The number of hydrogen-bond donors (Lipinski definition) is 2. The molecule has 0 aromatic heterocycles. The lowest BCUT2D eigenvalue weighted by atomic mass is 9.92. The Kier molecular flexibility index (Phi) is 10.3. The van der Waals surface area contributed by atoms with Crippen LogP contribution in [0.1, 0.15) is 65.2 Å². The molecule has 5 heteroatoms. The number of unbranched alkanes of at least 4 members (excludes halogenated alkanes) is 1. The molecule has 1 unspecified atom stereocenters. The minimum absolute atomic E-state index is 0.166. The number of para-hydroxylation sites is 1. The topological polar surface area (TPSA) is 83.8 Å². The van der Waals surface area contributed by atoms with Crippen molar-refractivity contribution in [1.82, 2.24) is 0 Å². The fourth-order valence-corrected chi connectivity index (χ4v) is 4.06. The third kappa shape index (κ3) is 8.73. The van der Waals surface area contributed by atoms with Crippen molar-refractivity contribution in [3.05, 3.63) is 107 Å². The maximum Gasteiger partial charge on any atom is 0.335 e. The Balaban J connectivity index is 1.70. The first kappa shape index (κ1) is 26.7. The van der Waals surface area contributed by atoms with Crippen LogP contribution in [0, 0.1) is 5.92 Å². The maximum atomic E-state index is 11.2. The van der Waals surface area contributed by atoms with E-state index in [0.717, 1.165) is 48.1 Å². The Hall–Kier alpha value is -3.86. The van der Waals surface area contributed by atoms with Crippen LogP contribution in [-0.2, 0) is 24.2 Å². The van der Waals surface area contributed by atoms with Gasteiger partial charge in [-0.25, -0.2) is 4.79 Å². The van der Waals surface area contributed by atoms with Gasteiger partial charge < -0.3 is 14.9 Å². The molecule has 0 bridgehead atoms. The maximum absolute atomic E-state index is 11.2. The highest BCUT2D eigenvalue weighted by atomic mass is 16.5. The van der Waals surface area contributed by atoms with Crippen LogP contribution in [0.25, 0.3) is 6.08 Å². The number of aromatic carboxylic acids is 1. The monoisotopic (exact) mass is 486 g/mol. The Bertz CT molecular complexity index is 1150. The van der Waals surface area contributed by atoms with Crippen LogP contribution in [0.3, 0.4) is 0 Å². The van der Waals surface area contributed by atoms with E-state index in [1.807, 2.05) is 36.4 Å². The van der Waals surface area contributed by atoms with Crippen LogP contribution in [0.5, 0.6) is 5.75 Å². The normalized spacial score (nSPS) is 11.9. The zero-order valence-electron chi connectivity index (χ0n) is 20.7. The molecule has 0 aliphatic carbocycles. The van der Waals surface area contributed by atoms with Crippen molar-refractivity contribution in [3.8, 4) is 5.75 Å². The second-order valence-electron chi connectivity index (χ2n) is 8.96. The van der Waals surface area contributed by atoms with Crippen molar-refractivity contribution in [2.45, 2.75) is 52.1 Å². The van der Waals surface area contributed by atoms with E-state index in [1.54, 1.807) is 12.1 Å². The Morgan fingerprint density at radius 1 is 0.861 bits per heavy atom. The number of benzene rings is 3. The lowest BCUT2D eigenvalue weighted by Crippen LogP contribution is -2.04. The molecule has 0 aliphatic rings. The van der Waals surface area contributed by atoms with E-state index in [-0.39, 0.29) is 17.9 Å². The first-order valence-electron chi connectivity index (χ1n) is 12.5. The van der Waals surface area contributed by atoms with Crippen LogP contribution in [-0.4, -0.2) is 22.2 Å². The third-order valence-corrected chi connectivity index (χ3v) is 6.21. The Morgan fingerprint density at radius 3 is 2.19 bits per heavy atom. The van der Waals surface area contributed by atoms with Crippen molar-refractivity contribution in [1.29, 1.82) is 0 Å². The highest BCUT2D eigenvalue weighted by Crippen LogP contribution is 2.24. The molecule has 0 saturated heterocycles. The second kappa shape index (κ2) is 13.9. The third-order valence-electron chi connectivity index (χ3n) is 6.21. The minimum atomic E-state index is -0.940. The molecule has 0 fully saturated rings. The fourth-order valence-electron chi connectivity index (χ4n) is 4.06. The van der Waals surface area contributed by atoms with Crippen molar-refractivity contribution < 1.29 is 24.5 Å². The number of rotatable bonds is 14. The number of aliphatic carboxylic acids is 1. The summed E-state index contributed by atoms with van der Waals surface area (Å²) in [7, 11) is 0. The van der Waals surface area contributed by atoms with Gasteiger partial charge in [-0.1, -0.05) is 80.1 Å². The molecule has 3 rings (SSSR count). The summed E-state index contributed by atoms with van der Waals surface area (Å²) >= 11 is 0. The number of aryl methyl sites for hydroxylation is 1. The molecular formula is C31H34O5. The summed E-state index contributed by atoms with van der Waals surface area (Å²) in [5.74, 6) is -0.723. The van der Waals surface area contributed by atoms with Crippen LogP contribution in [0.15, 0.2) is 78.9 Å². The lowest BCUT2D eigenvalue weighted by Gasteiger charge is -2.14. The molecule has 0 amide bonds. The van der Waals surface area contributed by atoms with Gasteiger partial charge in [0.25, 0.3) is 0 Å². The predicted molar refractivity (Wildman–Crippen MR) is 142 cm³/mol. The minimum Gasteiger partial charge on any atom is -0.488 e. The number of hydrogen-bond acceptors (Lipinski definition) is 3. The molecule has 0 saturated carbocycles. The van der Waals surface area contributed by atoms with Crippen LogP contribution < -0.4 is 4.74 Å². The molecule has 3 aromatic rings. The largest absolute Gasteiger partial charge is 0.488 e. The summed E-state index contributed by atoms with van der Waals surface area (Å²) in [5.41, 5.74) is 4.72. The van der Waals surface area contributed by atoms with Gasteiger partial charge >= 0.3 is 11.9 Å². The van der Waals surface area contributed by atoms with E-state index in [9.17, 15) is 9.59 Å². The van der Waals surface area contributed by atoms with Crippen molar-refractivity contribution in [2.24, 2.45) is 5.92 Å². The summed E-state index contributed by atoms with van der Waals surface area (Å²) in [4.78, 5) is 22.0. The van der Waals surface area contributed by atoms with E-state index in [2.05, 4.69) is 43.3 Å². The first-order valence-corrected chi connectivity index (χ1v) is 12.5. The average Bonchev–Trinajstić information content (AvgIpc) is 2.89. The van der Waals surface area contributed by atoms with Crippen molar-refractivity contribution in [3.63, 3.8) is 0 Å². The SMILES string of the molecule is CCc1ccc(COc2ccccc2/C=C/C(CCCCC(=O)O)Cc2ccc(C(=O)O)cc2)cc1. The van der Waals surface area contributed by atoms with Gasteiger partial charge in [0.05, 0.1) is 5.56 Å². The van der Waals surface area contributed by atoms with Gasteiger partial charge in [0.2, 0.25) is 0 Å². The van der Waals surface area contributed by atoms with E-state index < -0.39 is 11.9 Å². The highest BCUT2D eigenvalue weighted by Gasteiger charge is 2.10. The van der Waals surface area contributed by atoms with Crippen molar-refractivity contribution in [2.75, 3.05) is 0 Å². The number of carboxylic acid groups (broad SMARTS) is 2. The molecule has 3 aromatic carbocycles. The van der Waals surface area contributed by atoms with E-state index in [0.29, 0.717) is 13.0 Å². The smallest absolute Gasteiger partial charge is 0.335 e. The Labute approximate surface area is 213 Å². The van der Waals surface area contributed by atoms with Crippen LogP contribution in [0.4, 0.5) is 0 Å². The zero-order valence-corrected chi connectivity index (χ0v) is 20.7. The molecule has 0 radical (unpaired) electrons. The quantitative estimate of drug-likeness (QED) is 0.239. The van der Waals surface area contributed by atoms with E-state index >= 15 is 0 Å². The van der Waals surface area contributed by atoms with Gasteiger partial charge in [0.15, 0.2) is 0 Å². The molecule has 1 atom stereocenters. The zero-order chi connectivity index (χ0) is 25.8. The highest BCUT2D eigenvalue weighted by molar-refractivity contribution is 5.87. The number of carbonyl (C=O) groups is 2. The van der Waals surface area contributed by atoms with E-state index in [4.69, 9.17) is 14.9 Å². The summed E-state index contributed by atoms with van der Waals surface area (Å²) in [6.45, 7) is 2.63. The van der Waals surface area contributed by atoms with Gasteiger partial charge in [-0.15, -0.1) is 0 Å². The number of ether oxygens (including phenoxy) is 1. The van der Waals surface area contributed by atoms with Gasteiger partial charge in [-0.3, -0.25) is 4.79 Å². The molecule has 0 spiro atoms. The molecule has 188 valence electrons. The second-order valence-corrected chi connectivity index (χ2v) is 8.96. The number of carboxylic acids is 2. The lowest BCUT2D eigenvalue weighted by molar-refractivity contribution is -0.137. The fraction of sp³-hybridized carbons (Fsp3) is 0.290. The molecule has 0 heterocycles. The summed E-state index contributed by atoms with van der Waals surface area (Å²) < 4.78 is 6.14. The molecule has 36 heavy (non-hydrogen) atoms. The molecule has 0 aliphatic heterocycles. The summed E-state index contributed by atoms with van der Waals surface area (Å²) in [5, 5.41) is 18.1. The van der Waals surface area contributed by atoms with Gasteiger partial charge in [-0.2, -0.15) is 0 Å². The van der Waals surface area contributed by atoms with Crippen LogP contribution in [0.2, 0.25) is 0 Å². The van der Waals surface area contributed by atoms with E-state index in [1.165, 1.54) is 5.56 Å². The first-order chi connectivity index (χ1) is 17.4. The van der Waals surface area contributed by atoms with Gasteiger partial charge in [-0.05, 0) is 66.5 Å². The predicted octanol–water partition coefficient (Wildman–Crippen LogP) is 7.04. The van der Waals surface area contributed by atoms with Crippen LogP contribution >= 0.6 is 0 Å². The standard InChI is InChI=1S/C31H34O5/c1-2-23-11-13-26(14-12-23)22-36-29-9-5-4-8-27(29)18-15-24(7-3-6-10-30(32)33)21-25-16-19-28(20-17-25)31(34)35/h4-5,8-9,11-20,24H,2-3,6-7,10,21-22H2,1H3,(H,32,33)(H,34,35)/b18-15+. The van der Waals surface area contributed by atoms with Crippen molar-refractivity contribution >= 4 is 18.0 Å². The summed E-state index contributed by atoms with van der Waals surface area (Å²) in [6.07, 6.45) is 8.44. The van der Waals surface area contributed by atoms with Gasteiger partial charge in [0.1, 0.15) is 12.4 Å².